The van der Waals surface area contributed by atoms with E-state index >= 15 is 0 Å². The highest BCUT2D eigenvalue weighted by molar-refractivity contribution is 7.99. The summed E-state index contributed by atoms with van der Waals surface area (Å²) in [4.78, 5) is 39.4. The minimum absolute atomic E-state index is 0.184. The second-order valence-electron chi connectivity index (χ2n) is 4.49. The maximum absolute atomic E-state index is 11.1. The van der Waals surface area contributed by atoms with Gasteiger partial charge in [-0.2, -0.15) is 30.6 Å². The standard InChI is InChI=1S/C12H24NO6PS/c1-11(9-12(15)13-10-14)21-8-6-4-3-5-7-19-20(16,17)18-2/h10-11,16-17H,3-9H2,1-2H3/p+1. The smallest absolute Gasteiger partial charge is 0.299 e. The first-order chi connectivity index (χ1) is 9.91. The molecule has 0 saturated carbocycles. The zero-order valence-corrected chi connectivity index (χ0v) is 14.2. The number of thioether (sulfide) groups is 1. The summed E-state index contributed by atoms with van der Waals surface area (Å²) in [5.41, 5.74) is 0. The first-order valence-electron chi connectivity index (χ1n) is 6.80. The second-order valence-corrected chi connectivity index (χ2v) is 7.64. The molecule has 0 bridgehead atoms. The maximum Gasteiger partial charge on any atom is 0.569 e. The van der Waals surface area contributed by atoms with Crippen molar-refractivity contribution < 1.29 is 28.4 Å². The van der Waals surface area contributed by atoms with Gasteiger partial charge in [0.05, 0.1) is 7.11 Å². The van der Waals surface area contributed by atoms with Crippen LogP contribution in [0.2, 0.25) is 0 Å². The van der Waals surface area contributed by atoms with Crippen molar-refractivity contribution in [2.75, 3.05) is 19.5 Å². The molecule has 0 aliphatic rings. The number of hydrogen-bond acceptors (Lipinski definition) is 7. The molecule has 21 heavy (non-hydrogen) atoms. The molecule has 0 aromatic carbocycles. The number of carbonyl (C=O) groups is 2. The first kappa shape index (κ1) is 20.8. The van der Waals surface area contributed by atoms with Crippen molar-refractivity contribution >= 4 is 32.2 Å². The Bertz CT molecular complexity index is 305. The van der Waals surface area contributed by atoms with Gasteiger partial charge in [0.2, 0.25) is 12.3 Å². The van der Waals surface area contributed by atoms with Crippen LogP contribution in [0.15, 0.2) is 0 Å². The third-order valence-electron chi connectivity index (χ3n) is 2.63. The van der Waals surface area contributed by atoms with Gasteiger partial charge in [-0.25, -0.2) is 0 Å². The van der Waals surface area contributed by atoms with Crippen molar-refractivity contribution in [2.45, 2.75) is 44.3 Å². The Kier molecular flexibility index (Phi) is 12.2. The van der Waals surface area contributed by atoms with E-state index in [0.717, 1.165) is 31.4 Å². The maximum atomic E-state index is 11.1. The Morgan fingerprint density at radius 2 is 2.00 bits per heavy atom. The minimum Gasteiger partial charge on any atom is -0.299 e. The van der Waals surface area contributed by atoms with Gasteiger partial charge in [-0.15, -0.1) is 0 Å². The topological polar surface area (TPSA) is 105 Å². The summed E-state index contributed by atoms with van der Waals surface area (Å²) in [6, 6.07) is 0. The van der Waals surface area contributed by atoms with Crippen molar-refractivity contribution in [3.05, 3.63) is 0 Å². The molecule has 7 nitrogen and oxygen atoms in total. The van der Waals surface area contributed by atoms with Crippen molar-refractivity contribution in [2.24, 2.45) is 0 Å². The van der Waals surface area contributed by atoms with Crippen LogP contribution in [0, 0.1) is 0 Å². The Labute approximate surface area is 130 Å². The fraction of sp³-hybridized carbons (Fsp3) is 0.833. The normalized spacial score (nSPS) is 13.0. The molecule has 1 atom stereocenters. The van der Waals surface area contributed by atoms with E-state index in [4.69, 9.17) is 14.3 Å². The van der Waals surface area contributed by atoms with Gasteiger partial charge < -0.3 is 0 Å². The molecule has 0 aliphatic carbocycles. The molecule has 124 valence electrons. The largest absolute Gasteiger partial charge is 0.569 e. The van der Waals surface area contributed by atoms with Crippen LogP contribution in [0.3, 0.4) is 0 Å². The van der Waals surface area contributed by atoms with E-state index in [1.807, 2.05) is 6.92 Å². The quantitative estimate of drug-likeness (QED) is 0.265. The van der Waals surface area contributed by atoms with E-state index < -0.39 is 8.17 Å². The van der Waals surface area contributed by atoms with E-state index in [-0.39, 0.29) is 17.8 Å². The lowest BCUT2D eigenvalue weighted by Crippen LogP contribution is -2.24. The third-order valence-corrected chi connectivity index (χ3v) is 4.89. The molecule has 0 fully saturated rings. The van der Waals surface area contributed by atoms with Crippen LogP contribution in [0.25, 0.3) is 0 Å². The molecule has 0 aliphatic heterocycles. The Balaban J connectivity index is 3.40. The van der Waals surface area contributed by atoms with Crippen molar-refractivity contribution in [3.8, 4) is 0 Å². The third kappa shape index (κ3) is 13.2. The highest BCUT2D eigenvalue weighted by Crippen LogP contribution is 2.51. The van der Waals surface area contributed by atoms with Crippen LogP contribution in [-0.2, 0) is 18.6 Å². The number of hydrogen-bond donors (Lipinski definition) is 3. The molecule has 0 spiro atoms. The molecule has 2 amide bonds. The monoisotopic (exact) mass is 342 g/mol. The predicted molar refractivity (Wildman–Crippen MR) is 83.5 cm³/mol. The highest BCUT2D eigenvalue weighted by atomic mass is 32.2. The molecule has 0 rings (SSSR count). The number of rotatable bonds is 13. The van der Waals surface area contributed by atoms with Crippen LogP contribution in [0.5, 0.6) is 0 Å². The molecule has 0 saturated heterocycles. The summed E-state index contributed by atoms with van der Waals surface area (Å²) >= 11 is 1.70. The lowest BCUT2D eigenvalue weighted by Gasteiger charge is -2.09. The van der Waals surface area contributed by atoms with Crippen LogP contribution in [-0.4, -0.2) is 46.8 Å². The number of amides is 2. The van der Waals surface area contributed by atoms with Gasteiger partial charge in [-0.1, -0.05) is 19.8 Å². The lowest BCUT2D eigenvalue weighted by atomic mass is 10.2. The molecular formula is C12H25NO6PS+. The van der Waals surface area contributed by atoms with Crippen molar-refractivity contribution in [1.29, 1.82) is 0 Å². The zero-order valence-electron chi connectivity index (χ0n) is 12.5. The fourth-order valence-electron chi connectivity index (χ4n) is 1.52. The number of carbonyl (C=O) groups excluding carboxylic acids is 2. The number of imide groups is 1. The predicted octanol–water partition coefficient (Wildman–Crippen LogP) is 1.66. The van der Waals surface area contributed by atoms with Crippen molar-refractivity contribution in [1.82, 2.24) is 5.32 Å². The summed E-state index contributed by atoms with van der Waals surface area (Å²) < 4.78 is 9.21. The summed E-state index contributed by atoms with van der Waals surface area (Å²) in [5, 5.41) is 2.31. The van der Waals surface area contributed by atoms with Crippen LogP contribution in [0.1, 0.15) is 39.0 Å². The van der Waals surface area contributed by atoms with Gasteiger partial charge in [-0.05, 0) is 18.6 Å². The highest BCUT2D eigenvalue weighted by Gasteiger charge is 2.36. The van der Waals surface area contributed by atoms with E-state index in [1.54, 1.807) is 11.8 Å². The zero-order chi connectivity index (χ0) is 16.1. The van der Waals surface area contributed by atoms with Crippen LogP contribution >= 0.6 is 19.9 Å². The average Bonchev–Trinajstić information content (AvgIpc) is 2.42. The Hall–Kier alpha value is -0.240. The molecule has 0 heterocycles. The SMILES string of the molecule is CO[P+](O)(O)OCCCCCCSC(C)CC(=O)NC=O. The molecule has 0 aromatic rings. The molecule has 9 heteroatoms. The second kappa shape index (κ2) is 12.3. The van der Waals surface area contributed by atoms with Gasteiger partial charge in [0, 0.05) is 11.7 Å². The summed E-state index contributed by atoms with van der Waals surface area (Å²) in [6.45, 7) is 2.23. The van der Waals surface area contributed by atoms with E-state index in [2.05, 4.69) is 9.84 Å². The lowest BCUT2D eigenvalue weighted by molar-refractivity contribution is -0.125. The average molecular weight is 342 g/mol. The van der Waals surface area contributed by atoms with Gasteiger partial charge in [0.15, 0.2) is 0 Å². The van der Waals surface area contributed by atoms with E-state index in [9.17, 15) is 9.59 Å². The molecule has 0 radical (unpaired) electrons. The van der Waals surface area contributed by atoms with E-state index in [1.165, 1.54) is 7.11 Å². The van der Waals surface area contributed by atoms with Gasteiger partial charge in [-0.3, -0.25) is 14.9 Å². The summed E-state index contributed by atoms with van der Waals surface area (Å²) in [6.07, 6.45) is 4.46. The number of unbranched alkanes of at least 4 members (excludes halogenated alkanes) is 3. The van der Waals surface area contributed by atoms with Crippen molar-refractivity contribution in [3.63, 3.8) is 0 Å². The van der Waals surface area contributed by atoms with Gasteiger partial charge in [0.25, 0.3) is 0 Å². The minimum atomic E-state index is -3.58. The van der Waals surface area contributed by atoms with Gasteiger partial charge >= 0.3 is 8.17 Å². The molecule has 3 N–H and O–H groups in total. The Morgan fingerprint density at radius 3 is 2.62 bits per heavy atom. The summed E-state index contributed by atoms with van der Waals surface area (Å²) in [5.74, 6) is 0.700. The Morgan fingerprint density at radius 1 is 1.33 bits per heavy atom. The molecule has 1 unspecified atom stereocenters. The van der Waals surface area contributed by atoms with Crippen LogP contribution < -0.4 is 5.32 Å². The fourth-order valence-corrected chi connectivity index (χ4v) is 3.04. The van der Waals surface area contributed by atoms with E-state index in [0.29, 0.717) is 12.8 Å². The first-order valence-corrected chi connectivity index (χ1v) is 9.38. The van der Waals surface area contributed by atoms with Crippen LogP contribution in [0.4, 0.5) is 0 Å². The summed E-state index contributed by atoms with van der Waals surface area (Å²) in [7, 11) is -2.39. The van der Waals surface area contributed by atoms with Gasteiger partial charge in [0.1, 0.15) is 6.61 Å². The molecule has 0 aromatic heterocycles. The number of nitrogens with one attached hydrogen (secondary N) is 1. The molecular weight excluding hydrogens is 317 g/mol.